The molecule has 2 heterocycles. The van der Waals surface area contributed by atoms with Gasteiger partial charge in [-0.25, -0.2) is 4.39 Å². The topological polar surface area (TPSA) is 60.0 Å². The number of rotatable bonds is 10. The van der Waals surface area contributed by atoms with Gasteiger partial charge in [0.1, 0.15) is 11.6 Å². The molecular formula is C29H39FN4O2. The van der Waals surface area contributed by atoms with E-state index in [0.29, 0.717) is 18.8 Å². The average molecular weight is 495 g/mol. The van der Waals surface area contributed by atoms with Crippen molar-refractivity contribution in [2.45, 2.75) is 40.5 Å². The standard InChI is InChI=1S/C29H39FN4O2/c1-7-20(3)28-12-9-22(18-34(28)25(8-2)17-31-5)27-11-10-24(30)15-29(27)36-14-13-26-21(4)33(6)32-16-23(26)19-35/h8-12,15-16,18,31-32,35H,7,13-14,17,19H2,1-6H3/b25-8-,28-20+. The van der Waals surface area contributed by atoms with Crippen LogP contribution < -0.4 is 15.5 Å². The van der Waals surface area contributed by atoms with Gasteiger partial charge in [0.25, 0.3) is 0 Å². The lowest BCUT2D eigenvalue weighted by molar-refractivity contribution is 0.291. The minimum Gasteiger partial charge on any atom is -0.492 e. The fraction of sp³-hybridized carbons (Fsp3) is 0.379. The Labute approximate surface area is 214 Å². The highest BCUT2D eigenvalue weighted by molar-refractivity contribution is 5.79. The van der Waals surface area contributed by atoms with Crippen LogP contribution in [0, 0.1) is 5.82 Å². The quantitative estimate of drug-likeness (QED) is 0.415. The van der Waals surface area contributed by atoms with Crippen molar-refractivity contribution in [2.24, 2.45) is 0 Å². The molecule has 0 aliphatic carbocycles. The number of aliphatic hydroxyl groups is 1. The van der Waals surface area contributed by atoms with Crippen molar-refractivity contribution < 1.29 is 14.2 Å². The predicted octanol–water partition coefficient (Wildman–Crippen LogP) is 5.21. The van der Waals surface area contributed by atoms with Crippen LogP contribution in [0.2, 0.25) is 0 Å². The summed E-state index contributed by atoms with van der Waals surface area (Å²) in [5.74, 6) is 0.155. The van der Waals surface area contributed by atoms with Gasteiger partial charge in [-0.2, -0.15) is 0 Å². The summed E-state index contributed by atoms with van der Waals surface area (Å²) in [7, 11) is 3.86. The van der Waals surface area contributed by atoms with E-state index in [1.165, 1.54) is 17.7 Å². The molecule has 1 aromatic rings. The smallest absolute Gasteiger partial charge is 0.130 e. The van der Waals surface area contributed by atoms with Crippen molar-refractivity contribution in [2.75, 3.05) is 33.9 Å². The van der Waals surface area contributed by atoms with Crippen LogP contribution >= 0.6 is 0 Å². The van der Waals surface area contributed by atoms with Crippen LogP contribution in [0.1, 0.15) is 46.1 Å². The molecule has 0 spiro atoms. The maximum absolute atomic E-state index is 14.3. The average Bonchev–Trinajstić information content (AvgIpc) is 2.89. The van der Waals surface area contributed by atoms with Crippen LogP contribution in [0.3, 0.4) is 0 Å². The van der Waals surface area contributed by atoms with E-state index in [1.807, 2.05) is 33.0 Å². The molecule has 3 rings (SSSR count). The third-order valence-corrected chi connectivity index (χ3v) is 6.71. The number of likely N-dealkylation sites (N-methyl/N-ethyl adjacent to an activating group) is 1. The number of benzene rings is 1. The largest absolute Gasteiger partial charge is 0.492 e. The molecule has 0 fully saturated rings. The minimum absolute atomic E-state index is 0.0564. The van der Waals surface area contributed by atoms with E-state index >= 15 is 0 Å². The molecule has 0 saturated heterocycles. The van der Waals surface area contributed by atoms with Crippen LogP contribution in [0.25, 0.3) is 5.57 Å². The molecule has 2 aliphatic rings. The summed E-state index contributed by atoms with van der Waals surface area (Å²) in [6.45, 7) is 9.36. The molecule has 0 unspecified atom stereocenters. The number of hydrazine groups is 1. The van der Waals surface area contributed by atoms with E-state index in [0.717, 1.165) is 52.3 Å². The normalized spacial score (nSPS) is 17.7. The van der Waals surface area contributed by atoms with Gasteiger partial charge in [0.05, 0.1) is 13.2 Å². The first-order valence-corrected chi connectivity index (χ1v) is 12.5. The molecule has 0 saturated carbocycles. The second-order valence-electron chi connectivity index (χ2n) is 8.94. The fourth-order valence-corrected chi connectivity index (χ4v) is 4.33. The maximum Gasteiger partial charge on any atom is 0.130 e. The van der Waals surface area contributed by atoms with Gasteiger partial charge < -0.3 is 25.5 Å². The SMILES string of the molecule is C/C=C(/CNC)N1C=C(c2ccc(F)cc2OCCC2=C(C)N(C)NC=C2CO)C=C/C1=C(/C)CC. The summed E-state index contributed by atoms with van der Waals surface area (Å²) in [5.41, 5.74) is 11.3. The molecule has 0 bridgehead atoms. The summed E-state index contributed by atoms with van der Waals surface area (Å²) >= 11 is 0. The Morgan fingerprint density at radius 3 is 2.72 bits per heavy atom. The molecule has 0 radical (unpaired) electrons. The van der Waals surface area contributed by atoms with Crippen molar-refractivity contribution in [1.29, 1.82) is 0 Å². The molecule has 0 amide bonds. The molecular weight excluding hydrogens is 455 g/mol. The number of hydrogen-bond acceptors (Lipinski definition) is 6. The zero-order valence-electron chi connectivity index (χ0n) is 22.3. The van der Waals surface area contributed by atoms with Gasteiger partial charge in [0.15, 0.2) is 0 Å². The Morgan fingerprint density at radius 2 is 2.06 bits per heavy atom. The highest BCUT2D eigenvalue weighted by atomic mass is 19.1. The Balaban J connectivity index is 1.91. The second-order valence-corrected chi connectivity index (χ2v) is 8.94. The molecule has 194 valence electrons. The monoisotopic (exact) mass is 494 g/mol. The van der Waals surface area contributed by atoms with Gasteiger partial charge in [0.2, 0.25) is 0 Å². The van der Waals surface area contributed by atoms with Crippen molar-refractivity contribution in [3.05, 3.63) is 94.0 Å². The summed E-state index contributed by atoms with van der Waals surface area (Å²) in [5, 5.41) is 14.9. The van der Waals surface area contributed by atoms with E-state index in [4.69, 9.17) is 4.74 Å². The van der Waals surface area contributed by atoms with E-state index in [2.05, 4.69) is 53.9 Å². The zero-order chi connectivity index (χ0) is 26.2. The molecule has 3 N–H and O–H groups in total. The molecule has 6 nitrogen and oxygen atoms in total. The van der Waals surface area contributed by atoms with Crippen molar-refractivity contribution >= 4 is 5.57 Å². The highest BCUT2D eigenvalue weighted by Crippen LogP contribution is 2.35. The van der Waals surface area contributed by atoms with Gasteiger partial charge >= 0.3 is 0 Å². The lowest BCUT2D eigenvalue weighted by Gasteiger charge is -2.31. The first-order valence-electron chi connectivity index (χ1n) is 12.5. The molecule has 0 atom stereocenters. The van der Waals surface area contributed by atoms with Gasteiger partial charge in [-0.3, -0.25) is 5.01 Å². The number of halogens is 1. The second kappa shape index (κ2) is 12.6. The van der Waals surface area contributed by atoms with Crippen LogP contribution in [-0.4, -0.2) is 48.9 Å². The Morgan fingerprint density at radius 1 is 1.28 bits per heavy atom. The number of aliphatic hydroxyl groups excluding tert-OH is 1. The third kappa shape index (κ3) is 6.09. The highest BCUT2D eigenvalue weighted by Gasteiger charge is 2.20. The number of allylic oxidation sites excluding steroid dienone is 6. The lowest BCUT2D eigenvalue weighted by Crippen LogP contribution is -2.33. The van der Waals surface area contributed by atoms with Crippen molar-refractivity contribution in [1.82, 2.24) is 20.7 Å². The van der Waals surface area contributed by atoms with Crippen molar-refractivity contribution in [3.8, 4) is 5.75 Å². The summed E-state index contributed by atoms with van der Waals surface area (Å²) in [4.78, 5) is 2.20. The zero-order valence-corrected chi connectivity index (χ0v) is 22.3. The van der Waals surface area contributed by atoms with Crippen LogP contribution in [0.15, 0.2) is 82.6 Å². The van der Waals surface area contributed by atoms with E-state index in [1.54, 1.807) is 12.3 Å². The van der Waals surface area contributed by atoms with E-state index in [9.17, 15) is 9.50 Å². The fourth-order valence-electron chi connectivity index (χ4n) is 4.33. The predicted molar refractivity (Wildman–Crippen MR) is 145 cm³/mol. The Kier molecular flexibility index (Phi) is 9.56. The van der Waals surface area contributed by atoms with Crippen LogP contribution in [0.5, 0.6) is 5.75 Å². The van der Waals surface area contributed by atoms with Crippen LogP contribution in [0.4, 0.5) is 4.39 Å². The Bertz CT molecular complexity index is 1140. The molecule has 0 aromatic heterocycles. The first-order chi connectivity index (χ1) is 17.3. The third-order valence-electron chi connectivity index (χ3n) is 6.71. The van der Waals surface area contributed by atoms with Gasteiger partial charge in [0, 0.05) is 72.3 Å². The number of ether oxygens (including phenoxy) is 1. The van der Waals surface area contributed by atoms with E-state index in [-0.39, 0.29) is 12.4 Å². The van der Waals surface area contributed by atoms with E-state index < -0.39 is 0 Å². The molecule has 36 heavy (non-hydrogen) atoms. The van der Waals surface area contributed by atoms with Gasteiger partial charge in [-0.15, -0.1) is 0 Å². The lowest BCUT2D eigenvalue weighted by atomic mass is 9.99. The number of nitrogens with one attached hydrogen (secondary N) is 2. The first kappa shape index (κ1) is 27.3. The van der Waals surface area contributed by atoms with Gasteiger partial charge in [-0.1, -0.05) is 19.1 Å². The summed E-state index contributed by atoms with van der Waals surface area (Å²) < 4.78 is 20.4. The minimum atomic E-state index is -0.342. The molecule has 7 heteroatoms. The summed E-state index contributed by atoms with van der Waals surface area (Å²) in [6, 6.07) is 4.69. The maximum atomic E-state index is 14.3. The molecule has 1 aromatic carbocycles. The number of nitrogens with zero attached hydrogens (tertiary/aromatic N) is 2. The number of hydrogen-bond donors (Lipinski definition) is 3. The van der Waals surface area contributed by atoms with Gasteiger partial charge in [-0.05, 0) is 63.6 Å². The van der Waals surface area contributed by atoms with Crippen LogP contribution in [-0.2, 0) is 0 Å². The Hall–Kier alpha value is -3.29. The summed E-state index contributed by atoms with van der Waals surface area (Å²) in [6.07, 6.45) is 11.7. The molecule has 2 aliphatic heterocycles. The van der Waals surface area contributed by atoms with Crippen molar-refractivity contribution in [3.63, 3.8) is 0 Å².